The fourth-order valence-corrected chi connectivity index (χ4v) is 6.62. The Morgan fingerprint density at radius 1 is 1.24 bits per heavy atom. The SMILES string of the molecule is C#CC1(COP(=O)(O)OP(=O)(O)OP(=O)(O)O)CC(n2cnc3c(N)nc(Cl)nc32)CC1O. The lowest BCUT2D eigenvalue weighted by atomic mass is 9.86. The lowest BCUT2D eigenvalue weighted by Crippen LogP contribution is -2.33. The lowest BCUT2D eigenvalue weighted by molar-refractivity contribution is 0.0443. The second kappa shape index (κ2) is 8.98. The number of fused-ring (bicyclic) bond motifs is 1. The van der Waals surface area contributed by atoms with Crippen LogP contribution < -0.4 is 5.73 Å². The van der Waals surface area contributed by atoms with Crippen molar-refractivity contribution in [1.82, 2.24) is 19.5 Å². The van der Waals surface area contributed by atoms with Gasteiger partial charge in [0.15, 0.2) is 11.5 Å². The number of phosphoric ester groups is 1. The number of imidazole rings is 1. The van der Waals surface area contributed by atoms with Crippen LogP contribution in [0.1, 0.15) is 18.9 Å². The van der Waals surface area contributed by atoms with Crippen LogP contribution in [-0.2, 0) is 26.8 Å². The zero-order chi connectivity index (χ0) is 24.8. The van der Waals surface area contributed by atoms with Gasteiger partial charge in [0, 0.05) is 6.04 Å². The van der Waals surface area contributed by atoms with Crippen molar-refractivity contribution >= 4 is 52.1 Å². The van der Waals surface area contributed by atoms with Gasteiger partial charge in [-0.15, -0.1) is 6.42 Å². The Kier molecular flexibility index (Phi) is 7.12. The summed E-state index contributed by atoms with van der Waals surface area (Å²) in [5, 5.41) is 10.4. The zero-order valence-electron chi connectivity index (χ0n) is 16.2. The molecule has 33 heavy (non-hydrogen) atoms. The van der Waals surface area contributed by atoms with Gasteiger partial charge in [0.25, 0.3) is 0 Å². The quantitative estimate of drug-likeness (QED) is 0.151. The molecule has 16 nitrogen and oxygen atoms in total. The molecule has 2 heterocycles. The monoisotopic (exact) mass is 547 g/mol. The summed E-state index contributed by atoms with van der Waals surface area (Å²) in [7, 11) is -16.7. The molecule has 2 aromatic rings. The van der Waals surface area contributed by atoms with Crippen LogP contribution in [0.4, 0.5) is 5.82 Å². The van der Waals surface area contributed by atoms with Gasteiger partial charge in [0.05, 0.1) is 24.5 Å². The molecule has 0 spiro atoms. The molecular weight excluding hydrogens is 531 g/mol. The molecule has 0 radical (unpaired) electrons. The molecule has 0 aliphatic heterocycles. The molecule has 0 bridgehead atoms. The van der Waals surface area contributed by atoms with Gasteiger partial charge in [-0.3, -0.25) is 4.52 Å². The van der Waals surface area contributed by atoms with E-state index in [2.05, 4.69) is 34.0 Å². The standard InChI is InChI=1S/C13H17ClN5O11P3/c1-2-13(5-28-32(24,25)30-33(26,27)29-31(21,22)23)4-7(3-8(13)20)19-6-16-9-10(15)17-12(14)18-11(9)19/h1,6-8,20H,3-5H2,(H,24,25)(H,26,27)(H2,15,17,18)(H2,21,22,23). The van der Waals surface area contributed by atoms with Crippen molar-refractivity contribution in [2.45, 2.75) is 25.0 Å². The summed E-state index contributed by atoms with van der Waals surface area (Å²) in [6.07, 6.45) is 5.63. The fraction of sp³-hybridized carbons (Fsp3) is 0.462. The number of terminal acetylenes is 1. The van der Waals surface area contributed by atoms with Crippen molar-refractivity contribution in [3.63, 3.8) is 0 Å². The van der Waals surface area contributed by atoms with Gasteiger partial charge in [0.1, 0.15) is 5.52 Å². The van der Waals surface area contributed by atoms with E-state index in [9.17, 15) is 28.6 Å². The minimum absolute atomic E-state index is 0.0247. The highest BCUT2D eigenvalue weighted by molar-refractivity contribution is 7.66. The molecule has 1 aliphatic carbocycles. The number of aliphatic hydroxyl groups excluding tert-OH is 1. The van der Waals surface area contributed by atoms with E-state index in [-0.39, 0.29) is 35.1 Å². The first-order valence-electron chi connectivity index (χ1n) is 8.66. The van der Waals surface area contributed by atoms with E-state index >= 15 is 0 Å². The first kappa shape index (κ1) is 26.2. The van der Waals surface area contributed by atoms with E-state index in [1.807, 2.05) is 0 Å². The number of aliphatic hydroxyl groups is 1. The number of aromatic nitrogens is 4. The summed E-state index contributed by atoms with van der Waals surface area (Å²) in [6, 6.07) is -0.545. The van der Waals surface area contributed by atoms with Gasteiger partial charge in [-0.25, -0.2) is 18.7 Å². The minimum atomic E-state index is -5.70. The highest BCUT2D eigenvalue weighted by atomic mass is 35.5. The van der Waals surface area contributed by atoms with E-state index in [0.717, 1.165) is 0 Å². The van der Waals surface area contributed by atoms with Gasteiger partial charge in [-0.2, -0.15) is 18.6 Å². The number of phosphoric acid groups is 3. The summed E-state index contributed by atoms with van der Waals surface area (Å²) < 4.78 is 47.7. The number of anilines is 1. The molecular formula is C13H17ClN5O11P3. The first-order valence-corrected chi connectivity index (χ1v) is 13.6. The van der Waals surface area contributed by atoms with Gasteiger partial charge < -0.3 is 35.0 Å². The fourth-order valence-electron chi connectivity index (χ4n) is 3.36. The van der Waals surface area contributed by atoms with Crippen LogP contribution in [0.2, 0.25) is 5.28 Å². The molecule has 0 aromatic carbocycles. The predicted octanol–water partition coefficient (Wildman–Crippen LogP) is 0.721. The van der Waals surface area contributed by atoms with E-state index in [1.165, 1.54) is 10.9 Å². The van der Waals surface area contributed by atoms with Crippen molar-refractivity contribution in [2.24, 2.45) is 5.41 Å². The third-order valence-electron chi connectivity index (χ3n) is 4.74. The number of rotatable bonds is 8. The molecule has 1 fully saturated rings. The van der Waals surface area contributed by atoms with Crippen molar-refractivity contribution < 1.29 is 51.5 Å². The maximum Gasteiger partial charge on any atom is 0.490 e. The minimum Gasteiger partial charge on any atom is -0.391 e. The molecule has 1 aliphatic rings. The molecule has 0 saturated heterocycles. The van der Waals surface area contributed by atoms with Crippen molar-refractivity contribution in [3.8, 4) is 12.3 Å². The van der Waals surface area contributed by atoms with Gasteiger partial charge in [-0.1, -0.05) is 5.92 Å². The maximum absolute atomic E-state index is 12.0. The maximum atomic E-state index is 12.0. The number of nitrogens with zero attached hydrogens (tertiary/aromatic N) is 4. The van der Waals surface area contributed by atoms with Gasteiger partial charge in [0.2, 0.25) is 5.28 Å². The second-order valence-electron chi connectivity index (χ2n) is 6.98. The summed E-state index contributed by atoms with van der Waals surface area (Å²) in [4.78, 5) is 48.0. The van der Waals surface area contributed by atoms with Crippen LogP contribution in [0.3, 0.4) is 0 Å². The predicted molar refractivity (Wildman–Crippen MR) is 110 cm³/mol. The van der Waals surface area contributed by atoms with Crippen LogP contribution in [0.25, 0.3) is 11.2 Å². The average Bonchev–Trinajstić information content (AvgIpc) is 3.18. The molecule has 0 amide bonds. The van der Waals surface area contributed by atoms with Crippen LogP contribution >= 0.6 is 35.1 Å². The van der Waals surface area contributed by atoms with E-state index in [0.29, 0.717) is 0 Å². The largest absolute Gasteiger partial charge is 0.490 e. The van der Waals surface area contributed by atoms with Crippen LogP contribution in [0, 0.1) is 17.8 Å². The average molecular weight is 548 g/mol. The summed E-state index contributed by atoms with van der Waals surface area (Å²) in [6.45, 7) is -0.838. The Hall–Kier alpha value is -1.43. The number of hydrogen-bond acceptors (Lipinski definition) is 11. The molecule has 2 aromatic heterocycles. The Morgan fingerprint density at radius 3 is 2.52 bits per heavy atom. The Morgan fingerprint density at radius 2 is 1.91 bits per heavy atom. The topological polar surface area (TPSA) is 250 Å². The number of nitrogen functional groups attached to an aromatic ring is 1. The van der Waals surface area contributed by atoms with Crippen molar-refractivity contribution in [3.05, 3.63) is 11.6 Å². The number of halogens is 1. The van der Waals surface area contributed by atoms with Crippen molar-refractivity contribution in [2.75, 3.05) is 12.3 Å². The molecule has 5 unspecified atom stereocenters. The van der Waals surface area contributed by atoms with Crippen molar-refractivity contribution in [1.29, 1.82) is 0 Å². The van der Waals surface area contributed by atoms with E-state index in [4.69, 9.17) is 33.5 Å². The highest BCUT2D eigenvalue weighted by Gasteiger charge is 2.49. The Bertz CT molecular complexity index is 1260. The summed E-state index contributed by atoms with van der Waals surface area (Å²) in [5.41, 5.74) is 4.70. The van der Waals surface area contributed by atoms with E-state index in [1.54, 1.807) is 0 Å². The molecule has 182 valence electrons. The third-order valence-corrected chi connectivity index (χ3v) is 8.69. The Labute approximate surface area is 190 Å². The van der Waals surface area contributed by atoms with Gasteiger partial charge >= 0.3 is 23.5 Å². The normalized spacial score (nSPS) is 27.2. The molecule has 3 rings (SSSR count). The summed E-state index contributed by atoms with van der Waals surface area (Å²) >= 11 is 5.84. The van der Waals surface area contributed by atoms with Crippen LogP contribution in [0.15, 0.2) is 6.33 Å². The van der Waals surface area contributed by atoms with Crippen LogP contribution in [-0.4, -0.2) is 56.9 Å². The number of nitrogens with two attached hydrogens (primary N) is 1. The Balaban J connectivity index is 1.78. The summed E-state index contributed by atoms with van der Waals surface area (Å²) in [5.74, 6) is 2.32. The third kappa shape index (κ3) is 5.98. The van der Waals surface area contributed by atoms with Crippen LogP contribution in [0.5, 0.6) is 0 Å². The highest BCUT2D eigenvalue weighted by Crippen LogP contribution is 2.66. The lowest BCUT2D eigenvalue weighted by Gasteiger charge is -2.27. The zero-order valence-corrected chi connectivity index (χ0v) is 19.6. The smallest absolute Gasteiger partial charge is 0.391 e. The molecule has 1 saturated carbocycles. The number of hydrogen-bond donors (Lipinski definition) is 6. The molecule has 5 atom stereocenters. The first-order chi connectivity index (χ1) is 15.1. The molecule has 20 heteroatoms. The molecule has 7 N–H and O–H groups in total. The second-order valence-corrected chi connectivity index (χ2v) is 11.7. The van der Waals surface area contributed by atoms with E-state index < -0.39 is 47.6 Å². The van der Waals surface area contributed by atoms with Gasteiger partial charge in [-0.05, 0) is 24.4 Å².